The molecule has 22 heavy (non-hydrogen) atoms. The van der Waals surface area contributed by atoms with Crippen LogP contribution in [0.3, 0.4) is 0 Å². The Morgan fingerprint density at radius 1 is 1.14 bits per heavy atom. The van der Waals surface area contributed by atoms with Gasteiger partial charge in [-0.1, -0.05) is 48.4 Å². The molecule has 0 aromatic heterocycles. The van der Waals surface area contributed by atoms with E-state index in [0.717, 1.165) is 21.2 Å². The normalized spacial score (nSPS) is 20.7. The first-order chi connectivity index (χ1) is 10.6. The van der Waals surface area contributed by atoms with Gasteiger partial charge in [0.1, 0.15) is 5.54 Å². The molecular formula is C18H16N2O2. The van der Waals surface area contributed by atoms with Gasteiger partial charge in [0, 0.05) is 0 Å². The van der Waals surface area contributed by atoms with Crippen molar-refractivity contribution in [3.05, 3.63) is 48.0 Å². The molecule has 1 aliphatic rings. The molecule has 1 aliphatic heterocycles. The van der Waals surface area contributed by atoms with Crippen molar-refractivity contribution in [1.29, 1.82) is 0 Å². The topological polar surface area (TPSA) is 49.4 Å². The molecule has 110 valence electrons. The minimum Gasteiger partial charge on any atom is -0.319 e. The number of nitrogens with one attached hydrogen (secondary N) is 1. The number of urea groups is 1. The number of carbonyl (C=O) groups excluding carboxylic acids is 2. The van der Waals surface area contributed by atoms with Gasteiger partial charge in [-0.15, -0.1) is 5.92 Å². The Kier molecular flexibility index (Phi) is 3.34. The second-order valence-corrected chi connectivity index (χ2v) is 5.40. The summed E-state index contributed by atoms with van der Waals surface area (Å²) in [5.41, 5.74) is -0.260. The highest BCUT2D eigenvalue weighted by Crippen LogP contribution is 2.33. The standard InChI is InChI=1S/C18H16N2O2/c1-3-4-12-20-16(21)18(2,19-17(20)22)15-11-7-9-13-8-5-6-10-14(13)15/h5-11H,12H2,1-2H3,(H,19,22)/t18-/m0/s1. The highest BCUT2D eigenvalue weighted by atomic mass is 16.2. The maximum Gasteiger partial charge on any atom is 0.326 e. The van der Waals surface area contributed by atoms with Crippen LogP contribution in [0.15, 0.2) is 42.5 Å². The van der Waals surface area contributed by atoms with Crippen LogP contribution in [0.1, 0.15) is 19.4 Å². The zero-order valence-corrected chi connectivity index (χ0v) is 12.5. The summed E-state index contributed by atoms with van der Waals surface area (Å²) in [6, 6.07) is 13.2. The zero-order chi connectivity index (χ0) is 15.7. The van der Waals surface area contributed by atoms with Gasteiger partial charge in [0.15, 0.2) is 0 Å². The number of fused-ring (bicyclic) bond motifs is 1. The molecule has 3 rings (SSSR count). The van der Waals surface area contributed by atoms with Crippen molar-refractivity contribution in [2.24, 2.45) is 0 Å². The monoisotopic (exact) mass is 292 g/mol. The van der Waals surface area contributed by atoms with E-state index in [1.54, 1.807) is 13.8 Å². The molecule has 0 radical (unpaired) electrons. The van der Waals surface area contributed by atoms with Crippen molar-refractivity contribution in [1.82, 2.24) is 10.2 Å². The summed E-state index contributed by atoms with van der Waals surface area (Å²) in [4.78, 5) is 26.1. The Labute approximate surface area is 129 Å². The highest BCUT2D eigenvalue weighted by Gasteiger charge is 2.49. The van der Waals surface area contributed by atoms with Crippen molar-refractivity contribution >= 4 is 22.7 Å². The lowest BCUT2D eigenvalue weighted by atomic mass is 9.88. The summed E-state index contributed by atoms with van der Waals surface area (Å²) >= 11 is 0. The number of imide groups is 1. The lowest BCUT2D eigenvalue weighted by Gasteiger charge is -2.23. The largest absolute Gasteiger partial charge is 0.326 e. The predicted molar refractivity (Wildman–Crippen MR) is 85.0 cm³/mol. The van der Waals surface area contributed by atoms with Gasteiger partial charge in [0.2, 0.25) is 0 Å². The number of nitrogens with zero attached hydrogens (tertiary/aromatic N) is 1. The Hall–Kier alpha value is -2.80. The number of benzene rings is 2. The lowest BCUT2D eigenvalue weighted by molar-refractivity contribution is -0.130. The summed E-state index contributed by atoms with van der Waals surface area (Å²) in [6.07, 6.45) is 0. The molecule has 0 spiro atoms. The molecule has 4 heteroatoms. The first kappa shape index (κ1) is 14.2. The number of hydrogen-bond acceptors (Lipinski definition) is 2. The predicted octanol–water partition coefficient (Wildman–Crippen LogP) is 2.63. The van der Waals surface area contributed by atoms with Crippen LogP contribution >= 0.6 is 0 Å². The van der Waals surface area contributed by atoms with Gasteiger partial charge in [-0.25, -0.2) is 4.79 Å². The van der Waals surface area contributed by atoms with Crippen LogP contribution in [0.5, 0.6) is 0 Å². The number of carbonyl (C=O) groups is 2. The van der Waals surface area contributed by atoms with Crippen LogP contribution in [0.4, 0.5) is 4.79 Å². The average molecular weight is 292 g/mol. The second kappa shape index (κ2) is 5.19. The van der Waals surface area contributed by atoms with Crippen molar-refractivity contribution in [3.8, 4) is 11.8 Å². The molecule has 1 heterocycles. The van der Waals surface area contributed by atoms with Crippen molar-refractivity contribution < 1.29 is 9.59 Å². The number of hydrogen-bond donors (Lipinski definition) is 1. The smallest absolute Gasteiger partial charge is 0.319 e. The van der Waals surface area contributed by atoms with E-state index >= 15 is 0 Å². The summed E-state index contributed by atoms with van der Waals surface area (Å²) in [5, 5.41) is 4.82. The van der Waals surface area contributed by atoms with Crippen LogP contribution in [-0.2, 0) is 10.3 Å². The SMILES string of the molecule is CC#CCN1C(=O)N[C@@](C)(c2cccc3ccccc23)C1=O. The van der Waals surface area contributed by atoms with E-state index in [-0.39, 0.29) is 12.5 Å². The maximum atomic E-state index is 12.8. The van der Waals surface area contributed by atoms with Gasteiger partial charge in [-0.2, -0.15) is 0 Å². The van der Waals surface area contributed by atoms with Crippen LogP contribution < -0.4 is 5.32 Å². The molecule has 1 atom stereocenters. The van der Waals surface area contributed by atoms with E-state index in [4.69, 9.17) is 0 Å². The lowest BCUT2D eigenvalue weighted by Crippen LogP contribution is -2.41. The van der Waals surface area contributed by atoms with Gasteiger partial charge in [0.25, 0.3) is 5.91 Å². The minimum atomic E-state index is -1.06. The molecule has 4 nitrogen and oxygen atoms in total. The molecule has 0 unspecified atom stereocenters. The fraction of sp³-hybridized carbons (Fsp3) is 0.222. The summed E-state index contributed by atoms with van der Waals surface area (Å²) in [7, 11) is 0. The molecule has 3 amide bonds. The fourth-order valence-electron chi connectivity index (χ4n) is 2.84. The molecule has 0 aliphatic carbocycles. The summed E-state index contributed by atoms with van der Waals surface area (Å²) < 4.78 is 0. The van der Waals surface area contributed by atoms with Crippen molar-refractivity contribution in [2.75, 3.05) is 6.54 Å². The van der Waals surface area contributed by atoms with Gasteiger partial charge >= 0.3 is 6.03 Å². The molecule has 1 N–H and O–H groups in total. The molecule has 0 saturated carbocycles. The number of rotatable bonds is 2. The Morgan fingerprint density at radius 2 is 1.86 bits per heavy atom. The molecule has 2 aromatic rings. The van der Waals surface area contributed by atoms with E-state index in [1.807, 2.05) is 42.5 Å². The quantitative estimate of drug-likeness (QED) is 0.683. The first-order valence-electron chi connectivity index (χ1n) is 7.10. The second-order valence-electron chi connectivity index (χ2n) is 5.40. The van der Waals surface area contributed by atoms with Gasteiger partial charge in [-0.3, -0.25) is 9.69 Å². The van der Waals surface area contributed by atoms with E-state index in [0.29, 0.717) is 0 Å². The van der Waals surface area contributed by atoms with Gasteiger partial charge < -0.3 is 5.32 Å². The van der Waals surface area contributed by atoms with E-state index in [2.05, 4.69) is 17.2 Å². The summed E-state index contributed by atoms with van der Waals surface area (Å²) in [6.45, 7) is 3.54. The first-order valence-corrected chi connectivity index (χ1v) is 7.10. The van der Waals surface area contributed by atoms with Gasteiger partial charge in [-0.05, 0) is 30.2 Å². The highest BCUT2D eigenvalue weighted by molar-refractivity contribution is 6.09. The van der Waals surface area contributed by atoms with Crippen molar-refractivity contribution in [2.45, 2.75) is 19.4 Å². The minimum absolute atomic E-state index is 0.113. The summed E-state index contributed by atoms with van der Waals surface area (Å²) in [5.74, 6) is 5.21. The Balaban J connectivity index is 2.11. The van der Waals surface area contributed by atoms with Gasteiger partial charge in [0.05, 0.1) is 6.54 Å². The Morgan fingerprint density at radius 3 is 2.64 bits per heavy atom. The third kappa shape index (κ3) is 2.03. The van der Waals surface area contributed by atoms with E-state index in [1.165, 1.54) is 0 Å². The maximum absolute atomic E-state index is 12.8. The van der Waals surface area contributed by atoms with Crippen molar-refractivity contribution in [3.63, 3.8) is 0 Å². The van der Waals surface area contributed by atoms with E-state index in [9.17, 15) is 9.59 Å². The van der Waals surface area contributed by atoms with Crippen LogP contribution in [-0.4, -0.2) is 23.4 Å². The van der Waals surface area contributed by atoms with E-state index < -0.39 is 11.6 Å². The van der Waals surface area contributed by atoms with Crippen LogP contribution in [0.25, 0.3) is 10.8 Å². The molecular weight excluding hydrogens is 276 g/mol. The number of amides is 3. The fourth-order valence-corrected chi connectivity index (χ4v) is 2.84. The zero-order valence-electron chi connectivity index (χ0n) is 12.5. The van der Waals surface area contributed by atoms with Crippen LogP contribution in [0, 0.1) is 11.8 Å². The third-order valence-corrected chi connectivity index (χ3v) is 4.02. The average Bonchev–Trinajstić information content (AvgIpc) is 2.75. The Bertz CT molecular complexity index is 826. The van der Waals surface area contributed by atoms with Crippen LogP contribution in [0.2, 0.25) is 0 Å². The third-order valence-electron chi connectivity index (χ3n) is 4.02. The molecule has 1 fully saturated rings. The molecule has 0 bridgehead atoms. The molecule has 2 aromatic carbocycles. The molecule has 1 saturated heterocycles.